The maximum Gasteiger partial charge on any atom is 0.239 e. The summed E-state index contributed by atoms with van der Waals surface area (Å²) in [6.07, 6.45) is 3.72. The topological polar surface area (TPSA) is 44.1 Å². The van der Waals surface area contributed by atoms with Crippen molar-refractivity contribution in [1.82, 2.24) is 4.90 Å². The molecule has 1 unspecified atom stereocenters. The van der Waals surface area contributed by atoms with Gasteiger partial charge in [0.05, 0.1) is 6.07 Å². The lowest BCUT2D eigenvalue weighted by molar-refractivity contribution is -0.135. The number of hydrogen-bond donors (Lipinski definition) is 0. The van der Waals surface area contributed by atoms with Gasteiger partial charge in [-0.15, -0.1) is 0 Å². The van der Waals surface area contributed by atoms with Crippen molar-refractivity contribution >= 4 is 5.91 Å². The molecule has 0 radical (unpaired) electrons. The van der Waals surface area contributed by atoms with Crippen molar-refractivity contribution in [2.45, 2.75) is 53.4 Å². The van der Waals surface area contributed by atoms with Gasteiger partial charge in [0.15, 0.2) is 0 Å². The number of nitrogens with zero attached hydrogens (tertiary/aromatic N) is 2. The van der Waals surface area contributed by atoms with Gasteiger partial charge in [-0.3, -0.25) is 4.79 Å². The summed E-state index contributed by atoms with van der Waals surface area (Å²) in [5.74, 6) is 0.307. The second kappa shape index (κ2) is 6.22. The Balaban J connectivity index is 2.53. The molecule has 1 heterocycles. The Kier molecular flexibility index (Phi) is 5.19. The summed E-state index contributed by atoms with van der Waals surface area (Å²) in [5, 5.41) is 9.04. The van der Waals surface area contributed by atoms with Crippen LogP contribution in [0.25, 0.3) is 0 Å². The van der Waals surface area contributed by atoms with Crippen LogP contribution in [0.3, 0.4) is 0 Å². The van der Waals surface area contributed by atoms with Gasteiger partial charge in [0.25, 0.3) is 0 Å². The lowest BCUT2D eigenvalue weighted by atomic mass is 9.75. The van der Waals surface area contributed by atoms with E-state index in [0.29, 0.717) is 17.8 Å². The fraction of sp³-hybridized carbons (Fsp3) is 0.867. The maximum atomic E-state index is 12.2. The standard InChI is InChI=1S/C15H26N2O/c1-5-6-12(11-16)14(18)17-9-7-13(8-10-17)15(2,3)4/h12-13H,5-10H2,1-4H3. The van der Waals surface area contributed by atoms with Crippen LogP contribution in [0.4, 0.5) is 0 Å². The highest BCUT2D eigenvalue weighted by atomic mass is 16.2. The number of hydrogen-bond acceptors (Lipinski definition) is 2. The Morgan fingerprint density at radius 3 is 2.33 bits per heavy atom. The lowest BCUT2D eigenvalue weighted by Gasteiger charge is -2.39. The molecule has 1 amide bonds. The van der Waals surface area contributed by atoms with Gasteiger partial charge in [0.2, 0.25) is 5.91 Å². The second-order valence-electron chi connectivity index (χ2n) is 6.44. The van der Waals surface area contributed by atoms with Crippen molar-refractivity contribution in [2.24, 2.45) is 17.3 Å². The molecular weight excluding hydrogens is 224 g/mol. The molecule has 0 aromatic heterocycles. The minimum atomic E-state index is -0.429. The van der Waals surface area contributed by atoms with Crippen molar-refractivity contribution in [3.63, 3.8) is 0 Å². The number of amides is 1. The summed E-state index contributed by atoms with van der Waals surface area (Å²) in [5.41, 5.74) is 0.327. The van der Waals surface area contributed by atoms with Crippen molar-refractivity contribution < 1.29 is 4.79 Å². The van der Waals surface area contributed by atoms with Crippen LogP contribution >= 0.6 is 0 Å². The summed E-state index contributed by atoms with van der Waals surface area (Å²) in [6.45, 7) is 10.5. The third kappa shape index (κ3) is 3.73. The van der Waals surface area contributed by atoms with Gasteiger partial charge in [-0.2, -0.15) is 5.26 Å². The van der Waals surface area contributed by atoms with E-state index < -0.39 is 5.92 Å². The van der Waals surface area contributed by atoms with Gasteiger partial charge in [-0.25, -0.2) is 0 Å². The zero-order chi connectivity index (χ0) is 13.8. The first-order valence-corrected chi connectivity index (χ1v) is 7.08. The average molecular weight is 250 g/mol. The SMILES string of the molecule is CCCC(C#N)C(=O)N1CCC(C(C)(C)C)CC1. The summed E-state index contributed by atoms with van der Waals surface area (Å²) in [7, 11) is 0. The Bertz CT molecular complexity index is 316. The Labute approximate surface area is 111 Å². The monoisotopic (exact) mass is 250 g/mol. The number of carbonyl (C=O) groups excluding carboxylic acids is 1. The second-order valence-corrected chi connectivity index (χ2v) is 6.44. The van der Waals surface area contributed by atoms with Crippen molar-refractivity contribution in [3.05, 3.63) is 0 Å². The largest absolute Gasteiger partial charge is 0.342 e. The molecule has 0 N–H and O–H groups in total. The molecule has 1 saturated heterocycles. The average Bonchev–Trinajstić information content (AvgIpc) is 2.34. The molecule has 1 aliphatic heterocycles. The molecule has 0 aromatic rings. The zero-order valence-corrected chi connectivity index (χ0v) is 12.2. The van der Waals surface area contributed by atoms with Crippen LogP contribution in [0.1, 0.15) is 53.4 Å². The minimum Gasteiger partial charge on any atom is -0.342 e. The van der Waals surface area contributed by atoms with Crippen molar-refractivity contribution in [3.8, 4) is 6.07 Å². The predicted octanol–water partition coefficient (Wildman–Crippen LogP) is 3.21. The van der Waals surface area contributed by atoms with Crippen LogP contribution in [-0.2, 0) is 4.79 Å². The van der Waals surface area contributed by atoms with Gasteiger partial charge in [0.1, 0.15) is 5.92 Å². The van der Waals surface area contributed by atoms with Crippen LogP contribution in [0.15, 0.2) is 0 Å². The fourth-order valence-corrected chi connectivity index (χ4v) is 2.72. The molecular formula is C15H26N2O. The fourth-order valence-electron chi connectivity index (χ4n) is 2.72. The Morgan fingerprint density at radius 2 is 1.94 bits per heavy atom. The van der Waals surface area contributed by atoms with E-state index >= 15 is 0 Å². The third-order valence-electron chi connectivity index (χ3n) is 4.06. The molecule has 0 spiro atoms. The highest BCUT2D eigenvalue weighted by molar-refractivity contribution is 5.81. The molecule has 1 atom stereocenters. The van der Waals surface area contributed by atoms with Crippen molar-refractivity contribution in [2.75, 3.05) is 13.1 Å². The molecule has 1 aliphatic rings. The number of rotatable bonds is 3. The van der Waals surface area contributed by atoms with Crippen LogP contribution < -0.4 is 0 Å². The van der Waals surface area contributed by atoms with Crippen LogP contribution in [-0.4, -0.2) is 23.9 Å². The molecule has 0 aromatic carbocycles. The van der Waals surface area contributed by atoms with Gasteiger partial charge in [-0.1, -0.05) is 34.1 Å². The molecule has 102 valence electrons. The minimum absolute atomic E-state index is 0.0479. The number of carbonyl (C=O) groups is 1. The number of likely N-dealkylation sites (tertiary alicyclic amines) is 1. The van der Waals surface area contributed by atoms with Gasteiger partial charge < -0.3 is 4.90 Å². The Morgan fingerprint density at radius 1 is 1.39 bits per heavy atom. The van der Waals surface area contributed by atoms with Gasteiger partial charge in [0, 0.05) is 13.1 Å². The molecule has 3 nitrogen and oxygen atoms in total. The normalized spacial score (nSPS) is 19.4. The summed E-state index contributed by atoms with van der Waals surface area (Å²) in [6, 6.07) is 2.15. The van der Waals surface area contributed by atoms with E-state index in [9.17, 15) is 4.79 Å². The summed E-state index contributed by atoms with van der Waals surface area (Å²) >= 11 is 0. The highest BCUT2D eigenvalue weighted by Gasteiger charge is 2.32. The molecule has 0 aliphatic carbocycles. The first kappa shape index (κ1) is 15.0. The van der Waals surface area contributed by atoms with E-state index in [4.69, 9.17) is 5.26 Å². The van der Waals surface area contributed by atoms with Crippen LogP contribution in [0, 0.1) is 28.6 Å². The molecule has 1 rings (SSSR count). The van der Waals surface area contributed by atoms with E-state index in [1.165, 1.54) is 0 Å². The first-order valence-electron chi connectivity index (χ1n) is 7.08. The highest BCUT2D eigenvalue weighted by Crippen LogP contribution is 2.34. The molecule has 3 heteroatoms. The first-order chi connectivity index (χ1) is 8.40. The van der Waals surface area contributed by atoms with Gasteiger partial charge >= 0.3 is 0 Å². The van der Waals surface area contributed by atoms with E-state index in [0.717, 1.165) is 32.4 Å². The maximum absolute atomic E-state index is 12.2. The smallest absolute Gasteiger partial charge is 0.239 e. The molecule has 18 heavy (non-hydrogen) atoms. The summed E-state index contributed by atoms with van der Waals surface area (Å²) in [4.78, 5) is 14.1. The quantitative estimate of drug-likeness (QED) is 0.772. The van der Waals surface area contributed by atoms with E-state index in [-0.39, 0.29) is 5.91 Å². The van der Waals surface area contributed by atoms with Crippen molar-refractivity contribution in [1.29, 1.82) is 5.26 Å². The van der Waals surface area contributed by atoms with Gasteiger partial charge in [-0.05, 0) is 30.6 Å². The number of nitriles is 1. The van der Waals surface area contributed by atoms with E-state index in [1.807, 2.05) is 11.8 Å². The molecule has 0 bridgehead atoms. The predicted molar refractivity (Wildman–Crippen MR) is 72.8 cm³/mol. The molecule has 0 saturated carbocycles. The number of piperidine rings is 1. The Hall–Kier alpha value is -1.04. The summed E-state index contributed by atoms with van der Waals surface area (Å²) < 4.78 is 0. The zero-order valence-electron chi connectivity index (χ0n) is 12.2. The third-order valence-corrected chi connectivity index (χ3v) is 4.06. The van der Waals surface area contributed by atoms with E-state index in [1.54, 1.807) is 0 Å². The van der Waals surface area contributed by atoms with Crippen LogP contribution in [0.5, 0.6) is 0 Å². The van der Waals surface area contributed by atoms with E-state index in [2.05, 4.69) is 26.8 Å². The molecule has 1 fully saturated rings. The lowest BCUT2D eigenvalue weighted by Crippen LogP contribution is -2.43. The van der Waals surface area contributed by atoms with Crippen LogP contribution in [0.2, 0.25) is 0 Å².